The molecule has 3 aromatic rings. The van der Waals surface area contributed by atoms with Crippen LogP contribution in [0.25, 0.3) is 0 Å². The van der Waals surface area contributed by atoms with Gasteiger partial charge in [0, 0.05) is 18.5 Å². The molecule has 0 unspecified atom stereocenters. The van der Waals surface area contributed by atoms with E-state index in [1.807, 2.05) is 25.1 Å². The number of hydrogen-bond acceptors (Lipinski definition) is 4. The van der Waals surface area contributed by atoms with Crippen molar-refractivity contribution in [1.82, 2.24) is 20.2 Å². The molecule has 2 aromatic carbocycles. The van der Waals surface area contributed by atoms with Crippen molar-refractivity contribution in [3.8, 4) is 0 Å². The average molecular weight is 355 g/mol. The second kappa shape index (κ2) is 6.84. The summed E-state index contributed by atoms with van der Waals surface area (Å²) in [5.74, 6) is -1.38. The molecule has 1 aromatic heterocycles. The molecule has 0 aliphatic carbocycles. The number of benzene rings is 2. The van der Waals surface area contributed by atoms with E-state index in [2.05, 4.69) is 26.6 Å². The summed E-state index contributed by atoms with van der Waals surface area (Å²) in [7, 11) is 0. The first-order valence-electron chi connectivity index (χ1n) is 8.51. The molecule has 0 fully saturated rings. The van der Waals surface area contributed by atoms with Gasteiger partial charge in [-0.2, -0.15) is 5.10 Å². The van der Waals surface area contributed by atoms with Gasteiger partial charge in [-0.05, 0) is 30.2 Å². The molecule has 4 rings (SSSR count). The van der Waals surface area contributed by atoms with Crippen molar-refractivity contribution in [2.75, 3.05) is 5.01 Å². The highest BCUT2D eigenvalue weighted by Crippen LogP contribution is 2.33. The first kappa shape index (κ1) is 16.7. The van der Waals surface area contributed by atoms with Crippen molar-refractivity contribution in [2.24, 2.45) is 0 Å². The van der Waals surface area contributed by atoms with Crippen molar-refractivity contribution in [1.29, 1.82) is 0 Å². The van der Waals surface area contributed by atoms with E-state index < -0.39 is 11.6 Å². The average Bonchev–Trinajstić information content (AvgIpc) is 3.29. The van der Waals surface area contributed by atoms with Crippen LogP contribution in [0.5, 0.6) is 0 Å². The van der Waals surface area contributed by atoms with Gasteiger partial charge in [-0.3, -0.25) is 4.68 Å². The van der Waals surface area contributed by atoms with E-state index >= 15 is 0 Å². The summed E-state index contributed by atoms with van der Waals surface area (Å²) in [4.78, 5) is 3.97. The largest absolute Gasteiger partial charge is 0.304 e. The van der Waals surface area contributed by atoms with Crippen LogP contribution in [0.3, 0.4) is 0 Å². The molecular formula is C19H19F2N5. The third kappa shape index (κ3) is 3.06. The number of para-hydroxylation sites is 1. The zero-order chi connectivity index (χ0) is 18.1. The predicted molar refractivity (Wildman–Crippen MR) is 94.3 cm³/mol. The minimum absolute atomic E-state index is 0.0946. The molecule has 0 spiro atoms. The fourth-order valence-electron chi connectivity index (χ4n) is 3.54. The Morgan fingerprint density at radius 3 is 2.81 bits per heavy atom. The highest BCUT2D eigenvalue weighted by molar-refractivity contribution is 5.57. The first-order chi connectivity index (χ1) is 12.6. The monoisotopic (exact) mass is 355 g/mol. The first-order valence-corrected chi connectivity index (χ1v) is 8.51. The third-order valence-corrected chi connectivity index (χ3v) is 4.89. The Kier molecular flexibility index (Phi) is 4.38. The standard InChI is InChI=1S/C19H19F2N5/c1-13(26-19-5-3-2-4-14(19)9-23-26)17(10-25-12-22-11-24-25)16-7-6-15(20)8-18(16)21/h2-8,11-13,17,23H,9-10H2,1H3/t13-,17-/m1/s1. The highest BCUT2D eigenvalue weighted by atomic mass is 19.1. The van der Waals surface area contributed by atoms with Gasteiger partial charge >= 0.3 is 0 Å². The molecule has 0 saturated heterocycles. The Bertz CT molecular complexity index is 897. The fourth-order valence-corrected chi connectivity index (χ4v) is 3.54. The number of halogens is 2. The van der Waals surface area contributed by atoms with E-state index in [0.717, 1.165) is 18.3 Å². The van der Waals surface area contributed by atoms with Gasteiger partial charge in [0.1, 0.15) is 24.3 Å². The smallest absolute Gasteiger partial charge is 0.137 e. The Balaban J connectivity index is 1.70. The van der Waals surface area contributed by atoms with E-state index in [4.69, 9.17) is 0 Å². The van der Waals surface area contributed by atoms with Gasteiger partial charge in [-0.15, -0.1) is 0 Å². The molecule has 7 heteroatoms. The highest BCUT2D eigenvalue weighted by Gasteiger charge is 2.31. The quantitative estimate of drug-likeness (QED) is 0.763. The van der Waals surface area contributed by atoms with E-state index in [1.54, 1.807) is 11.0 Å². The van der Waals surface area contributed by atoms with Gasteiger partial charge in [0.05, 0.1) is 18.3 Å². The Labute approximate surface area is 150 Å². The van der Waals surface area contributed by atoms with Crippen LogP contribution >= 0.6 is 0 Å². The van der Waals surface area contributed by atoms with Crippen molar-refractivity contribution >= 4 is 5.69 Å². The number of nitrogens with one attached hydrogen (secondary N) is 1. The van der Waals surface area contributed by atoms with Gasteiger partial charge in [0.2, 0.25) is 0 Å². The maximum absolute atomic E-state index is 14.5. The third-order valence-electron chi connectivity index (χ3n) is 4.89. The van der Waals surface area contributed by atoms with Crippen LogP contribution in [-0.2, 0) is 13.1 Å². The number of hydrogen-bond donors (Lipinski definition) is 1. The molecule has 26 heavy (non-hydrogen) atoms. The van der Waals surface area contributed by atoms with Gasteiger partial charge in [0.15, 0.2) is 0 Å². The van der Waals surface area contributed by atoms with Crippen LogP contribution < -0.4 is 10.4 Å². The molecule has 2 heterocycles. The number of fused-ring (bicyclic) bond motifs is 1. The number of anilines is 1. The molecular weight excluding hydrogens is 336 g/mol. The van der Waals surface area contributed by atoms with E-state index in [0.29, 0.717) is 12.1 Å². The summed E-state index contributed by atoms with van der Waals surface area (Å²) >= 11 is 0. The number of hydrazine groups is 1. The second-order valence-electron chi connectivity index (χ2n) is 6.46. The fraction of sp³-hybridized carbons (Fsp3) is 0.263. The summed E-state index contributed by atoms with van der Waals surface area (Å²) in [6, 6.07) is 11.7. The molecule has 2 atom stereocenters. The van der Waals surface area contributed by atoms with Gasteiger partial charge in [-0.25, -0.2) is 19.2 Å². The van der Waals surface area contributed by atoms with Crippen LogP contribution in [0.2, 0.25) is 0 Å². The maximum atomic E-state index is 14.5. The summed E-state index contributed by atoms with van der Waals surface area (Å²) in [5, 5.41) is 6.21. The molecule has 0 bridgehead atoms. The van der Waals surface area contributed by atoms with Crippen molar-refractivity contribution in [3.63, 3.8) is 0 Å². The molecule has 0 saturated carbocycles. The molecule has 1 N–H and O–H groups in total. The maximum Gasteiger partial charge on any atom is 0.137 e. The number of nitrogens with zero attached hydrogens (tertiary/aromatic N) is 4. The van der Waals surface area contributed by atoms with Crippen LogP contribution in [0.1, 0.15) is 24.0 Å². The molecule has 1 aliphatic heterocycles. The van der Waals surface area contributed by atoms with Gasteiger partial charge in [-0.1, -0.05) is 24.3 Å². The van der Waals surface area contributed by atoms with E-state index in [9.17, 15) is 8.78 Å². The predicted octanol–water partition coefficient (Wildman–Crippen LogP) is 3.25. The van der Waals surface area contributed by atoms with E-state index in [1.165, 1.54) is 24.0 Å². The molecule has 5 nitrogen and oxygen atoms in total. The van der Waals surface area contributed by atoms with Crippen LogP contribution in [0, 0.1) is 11.6 Å². The lowest BCUT2D eigenvalue weighted by atomic mass is 9.91. The van der Waals surface area contributed by atoms with Gasteiger partial charge < -0.3 is 5.01 Å². The second-order valence-corrected chi connectivity index (χ2v) is 6.46. The lowest BCUT2D eigenvalue weighted by molar-refractivity contribution is 0.405. The van der Waals surface area contributed by atoms with Crippen LogP contribution in [0.15, 0.2) is 55.1 Å². The summed E-state index contributed by atoms with van der Waals surface area (Å²) in [6.07, 6.45) is 3.05. The van der Waals surface area contributed by atoms with Crippen molar-refractivity contribution in [2.45, 2.75) is 32.0 Å². The van der Waals surface area contributed by atoms with Crippen molar-refractivity contribution in [3.05, 3.63) is 77.9 Å². The number of rotatable bonds is 5. The zero-order valence-electron chi connectivity index (χ0n) is 14.3. The van der Waals surface area contributed by atoms with Gasteiger partial charge in [0.25, 0.3) is 0 Å². The lowest BCUT2D eigenvalue weighted by Crippen LogP contribution is -2.44. The summed E-state index contributed by atoms with van der Waals surface area (Å²) in [6.45, 7) is 3.19. The number of aromatic nitrogens is 3. The SMILES string of the molecule is C[C@H]([C@@H](Cn1cncn1)c1ccc(F)cc1F)N1NCc2ccccc21. The topological polar surface area (TPSA) is 46.0 Å². The van der Waals surface area contributed by atoms with E-state index in [-0.39, 0.29) is 12.0 Å². The molecule has 1 aliphatic rings. The van der Waals surface area contributed by atoms with Crippen LogP contribution in [-0.4, -0.2) is 20.8 Å². The molecule has 0 amide bonds. The Morgan fingerprint density at radius 1 is 1.19 bits per heavy atom. The lowest BCUT2D eigenvalue weighted by Gasteiger charge is -2.34. The minimum atomic E-state index is -0.581. The minimum Gasteiger partial charge on any atom is -0.304 e. The Hall–Kier alpha value is -2.80. The van der Waals surface area contributed by atoms with Crippen molar-refractivity contribution < 1.29 is 8.78 Å². The molecule has 134 valence electrons. The van der Waals surface area contributed by atoms with Crippen LogP contribution in [0.4, 0.5) is 14.5 Å². The zero-order valence-corrected chi connectivity index (χ0v) is 14.3. The normalized spacial score (nSPS) is 15.7. The molecule has 0 radical (unpaired) electrons. The summed E-state index contributed by atoms with van der Waals surface area (Å²) < 4.78 is 29.6. The summed E-state index contributed by atoms with van der Waals surface area (Å²) in [5.41, 5.74) is 6.10. The Morgan fingerprint density at radius 2 is 2.04 bits per heavy atom.